The molecule has 1 rings (SSSR count). The van der Waals surface area contributed by atoms with Crippen LogP contribution in [0.2, 0.25) is 0 Å². The van der Waals surface area contributed by atoms with E-state index in [9.17, 15) is 18.4 Å². The van der Waals surface area contributed by atoms with Crippen LogP contribution in [0.15, 0.2) is 12.1 Å². The Bertz CT molecular complexity index is 523. The molecule has 8 heteroatoms. The van der Waals surface area contributed by atoms with Crippen LogP contribution in [0.5, 0.6) is 0 Å². The molecule has 0 saturated carbocycles. The third-order valence-electron chi connectivity index (χ3n) is 2.57. The lowest BCUT2D eigenvalue weighted by Crippen LogP contribution is -2.36. The van der Waals surface area contributed by atoms with Crippen LogP contribution in [0.4, 0.5) is 19.3 Å². The van der Waals surface area contributed by atoms with Crippen LogP contribution in [-0.4, -0.2) is 49.2 Å². The van der Waals surface area contributed by atoms with Gasteiger partial charge in [-0.15, -0.1) is 0 Å². The summed E-state index contributed by atoms with van der Waals surface area (Å²) in [5, 5.41) is 13.8. The lowest BCUT2D eigenvalue weighted by Gasteiger charge is -2.18. The number of rotatable bonds is 5. The number of nitrogens with zero attached hydrogens (tertiary/aromatic N) is 1. The number of hydrogen-bond donors (Lipinski definition) is 3. The molecule has 2 amide bonds. The molecule has 0 saturated heterocycles. The molecule has 0 spiro atoms. The van der Waals surface area contributed by atoms with Crippen molar-refractivity contribution in [3.05, 3.63) is 29.3 Å². The van der Waals surface area contributed by atoms with E-state index in [1.807, 2.05) is 0 Å². The van der Waals surface area contributed by atoms with Crippen LogP contribution >= 0.6 is 0 Å². The minimum atomic E-state index is -1.54. The lowest BCUT2D eigenvalue weighted by molar-refractivity contribution is 0.0692. The van der Waals surface area contributed by atoms with Crippen LogP contribution in [0.25, 0.3) is 0 Å². The predicted molar refractivity (Wildman–Crippen MR) is 68.9 cm³/mol. The molecule has 0 fully saturated rings. The Labute approximate surface area is 114 Å². The average Bonchev–Trinajstić information content (AvgIpc) is 2.38. The first-order valence-corrected chi connectivity index (χ1v) is 5.76. The van der Waals surface area contributed by atoms with Crippen molar-refractivity contribution < 1.29 is 23.5 Å². The molecule has 0 aromatic heterocycles. The van der Waals surface area contributed by atoms with Crippen molar-refractivity contribution in [3.63, 3.8) is 0 Å². The second-order valence-electron chi connectivity index (χ2n) is 4.07. The number of aromatic carboxylic acids is 1. The first kappa shape index (κ1) is 15.8. The van der Waals surface area contributed by atoms with Crippen molar-refractivity contribution in [2.24, 2.45) is 0 Å². The number of carboxylic acids is 1. The van der Waals surface area contributed by atoms with Crippen molar-refractivity contribution >= 4 is 17.7 Å². The third-order valence-corrected chi connectivity index (χ3v) is 2.57. The van der Waals surface area contributed by atoms with E-state index in [1.165, 1.54) is 11.9 Å². The number of benzene rings is 1. The highest BCUT2D eigenvalue weighted by Gasteiger charge is 2.17. The van der Waals surface area contributed by atoms with Crippen LogP contribution in [0.3, 0.4) is 0 Å². The van der Waals surface area contributed by atoms with Gasteiger partial charge in [0.05, 0.1) is 11.3 Å². The monoisotopic (exact) mass is 287 g/mol. The van der Waals surface area contributed by atoms with Crippen molar-refractivity contribution in [1.82, 2.24) is 10.2 Å². The zero-order chi connectivity index (χ0) is 15.3. The molecular weight excluding hydrogens is 272 g/mol. The summed E-state index contributed by atoms with van der Waals surface area (Å²) in [4.78, 5) is 23.7. The molecule has 20 heavy (non-hydrogen) atoms. The average molecular weight is 287 g/mol. The highest BCUT2D eigenvalue weighted by atomic mass is 19.1. The number of nitrogens with one attached hydrogen (secondary N) is 2. The smallest absolute Gasteiger partial charge is 0.338 e. The fourth-order valence-electron chi connectivity index (χ4n) is 1.40. The number of amides is 2. The fraction of sp³-hybridized carbons (Fsp3) is 0.333. The summed E-state index contributed by atoms with van der Waals surface area (Å²) < 4.78 is 26.7. The number of carbonyl (C=O) groups is 2. The van der Waals surface area contributed by atoms with Crippen molar-refractivity contribution in [1.29, 1.82) is 0 Å². The standard InChI is InChI=1S/C12H15F2N3O3/c1-15-3-4-17(2)12(20)16-10-5-7(11(18)19)8(13)6-9(10)14/h5-6,15H,3-4H2,1-2H3,(H,16,20)(H,18,19). The summed E-state index contributed by atoms with van der Waals surface area (Å²) >= 11 is 0. The fourth-order valence-corrected chi connectivity index (χ4v) is 1.40. The zero-order valence-corrected chi connectivity index (χ0v) is 11.0. The van der Waals surface area contributed by atoms with Gasteiger partial charge in [0, 0.05) is 26.2 Å². The Morgan fingerprint density at radius 3 is 2.50 bits per heavy atom. The van der Waals surface area contributed by atoms with Gasteiger partial charge in [0.2, 0.25) is 0 Å². The van der Waals surface area contributed by atoms with E-state index in [1.54, 1.807) is 7.05 Å². The van der Waals surface area contributed by atoms with Crippen molar-refractivity contribution in [3.8, 4) is 0 Å². The first-order chi connectivity index (χ1) is 9.36. The number of hydrogen-bond acceptors (Lipinski definition) is 3. The highest BCUT2D eigenvalue weighted by molar-refractivity contribution is 5.93. The molecular formula is C12H15F2N3O3. The van der Waals surface area contributed by atoms with Crippen LogP contribution in [0.1, 0.15) is 10.4 Å². The number of carbonyl (C=O) groups excluding carboxylic acids is 1. The molecule has 1 aromatic carbocycles. The molecule has 0 bridgehead atoms. The van der Waals surface area contributed by atoms with Gasteiger partial charge in [0.25, 0.3) is 0 Å². The van der Waals surface area contributed by atoms with E-state index in [0.717, 1.165) is 6.07 Å². The maximum Gasteiger partial charge on any atom is 0.338 e. The third kappa shape index (κ3) is 3.89. The summed E-state index contributed by atoms with van der Waals surface area (Å²) in [5.74, 6) is -3.78. The van der Waals surface area contributed by atoms with Gasteiger partial charge >= 0.3 is 12.0 Å². The molecule has 1 aromatic rings. The van der Waals surface area contributed by atoms with Gasteiger partial charge in [-0.1, -0.05) is 0 Å². The van der Waals surface area contributed by atoms with Crippen LogP contribution in [0, 0.1) is 11.6 Å². The summed E-state index contributed by atoms with van der Waals surface area (Å²) in [7, 11) is 3.21. The Balaban J connectivity index is 2.89. The van der Waals surface area contributed by atoms with E-state index in [0.29, 0.717) is 19.2 Å². The Hall–Kier alpha value is -2.22. The Kier molecular flexibility index (Phi) is 5.39. The highest BCUT2D eigenvalue weighted by Crippen LogP contribution is 2.20. The van der Waals surface area contributed by atoms with Crippen LogP contribution < -0.4 is 10.6 Å². The second-order valence-corrected chi connectivity index (χ2v) is 4.07. The van der Waals surface area contributed by atoms with Crippen molar-refractivity contribution in [2.45, 2.75) is 0 Å². The van der Waals surface area contributed by atoms with Gasteiger partial charge in [-0.3, -0.25) is 0 Å². The second kappa shape index (κ2) is 6.80. The van der Waals surface area contributed by atoms with Gasteiger partial charge in [-0.2, -0.15) is 0 Å². The number of anilines is 1. The van der Waals surface area contributed by atoms with E-state index in [4.69, 9.17) is 5.11 Å². The van der Waals surface area contributed by atoms with Gasteiger partial charge in [0.15, 0.2) is 0 Å². The minimum Gasteiger partial charge on any atom is -0.478 e. The SMILES string of the molecule is CNCCN(C)C(=O)Nc1cc(C(=O)O)c(F)cc1F. The van der Waals surface area contributed by atoms with Gasteiger partial charge in [-0.25, -0.2) is 18.4 Å². The topological polar surface area (TPSA) is 81.7 Å². The zero-order valence-electron chi connectivity index (χ0n) is 11.0. The summed E-state index contributed by atoms with van der Waals surface area (Å²) in [5.41, 5.74) is -1.09. The Morgan fingerprint density at radius 2 is 1.95 bits per heavy atom. The maximum atomic E-state index is 13.5. The predicted octanol–water partition coefficient (Wildman–Crippen LogP) is 1.35. The number of urea groups is 1. The first-order valence-electron chi connectivity index (χ1n) is 5.76. The van der Waals surface area contributed by atoms with E-state index in [2.05, 4.69) is 10.6 Å². The number of halogens is 2. The molecule has 0 unspecified atom stereocenters. The van der Waals surface area contributed by atoms with E-state index < -0.39 is 29.2 Å². The summed E-state index contributed by atoms with van der Waals surface area (Å²) in [6, 6.07) is 0.547. The molecule has 6 nitrogen and oxygen atoms in total. The normalized spacial score (nSPS) is 10.2. The molecule has 0 aliphatic carbocycles. The molecule has 0 aliphatic heterocycles. The van der Waals surface area contributed by atoms with Crippen molar-refractivity contribution in [2.75, 3.05) is 32.5 Å². The number of likely N-dealkylation sites (N-methyl/N-ethyl adjacent to an activating group) is 2. The number of carboxylic acid groups (broad SMARTS) is 1. The van der Waals surface area contributed by atoms with Gasteiger partial charge < -0.3 is 20.6 Å². The molecule has 0 heterocycles. The van der Waals surface area contributed by atoms with Gasteiger partial charge in [-0.05, 0) is 13.1 Å². The summed E-state index contributed by atoms with van der Waals surface area (Å²) in [6.07, 6.45) is 0. The van der Waals surface area contributed by atoms with Crippen LogP contribution in [-0.2, 0) is 0 Å². The van der Waals surface area contributed by atoms with E-state index in [-0.39, 0.29) is 5.69 Å². The van der Waals surface area contributed by atoms with E-state index >= 15 is 0 Å². The molecule has 3 N–H and O–H groups in total. The minimum absolute atomic E-state index is 0.372. The Morgan fingerprint density at radius 1 is 1.30 bits per heavy atom. The summed E-state index contributed by atoms with van der Waals surface area (Å²) in [6.45, 7) is 0.910. The molecule has 0 atom stereocenters. The molecule has 110 valence electrons. The molecule has 0 aliphatic rings. The molecule has 0 radical (unpaired) electrons. The van der Waals surface area contributed by atoms with Gasteiger partial charge in [0.1, 0.15) is 11.6 Å². The maximum absolute atomic E-state index is 13.5. The quantitative estimate of drug-likeness (QED) is 0.763. The lowest BCUT2D eigenvalue weighted by atomic mass is 10.2. The largest absolute Gasteiger partial charge is 0.478 e.